The minimum atomic E-state index is -0.0516. The van der Waals surface area contributed by atoms with E-state index >= 15 is 0 Å². The Hall–Kier alpha value is -2.14. The van der Waals surface area contributed by atoms with Gasteiger partial charge in [0, 0.05) is 32.7 Å². The van der Waals surface area contributed by atoms with E-state index in [9.17, 15) is 9.59 Å². The normalized spacial score (nSPS) is 21.9. The first-order chi connectivity index (χ1) is 12.9. The number of rotatable bonds is 7. The number of likely N-dealkylation sites (tertiary alicyclic amines) is 1. The Morgan fingerprint density at radius 1 is 1.33 bits per heavy atom. The molecule has 0 aliphatic carbocycles. The van der Waals surface area contributed by atoms with Crippen LogP contribution in [0.2, 0.25) is 0 Å². The Balaban J connectivity index is 1.62. The van der Waals surface area contributed by atoms with Crippen molar-refractivity contribution in [3.8, 4) is 0 Å². The van der Waals surface area contributed by atoms with Crippen molar-refractivity contribution in [2.75, 3.05) is 32.8 Å². The first kappa shape index (κ1) is 19.6. The fourth-order valence-electron chi connectivity index (χ4n) is 3.78. The molecule has 2 aliphatic heterocycles. The summed E-state index contributed by atoms with van der Waals surface area (Å²) in [4.78, 5) is 28.7. The van der Waals surface area contributed by atoms with Crippen molar-refractivity contribution >= 4 is 17.9 Å². The van der Waals surface area contributed by atoms with Crippen LogP contribution in [0.25, 0.3) is 6.08 Å². The highest BCUT2D eigenvalue weighted by Gasteiger charge is 2.37. The number of benzene rings is 1. The van der Waals surface area contributed by atoms with Gasteiger partial charge in [0.05, 0.1) is 12.6 Å². The molecule has 2 aliphatic rings. The number of nitrogens with zero attached hydrogens (tertiary/aromatic N) is 2. The highest BCUT2D eigenvalue weighted by Crippen LogP contribution is 2.29. The second-order valence-electron chi connectivity index (χ2n) is 8.34. The molecular weight excluding hydrogens is 340 g/mol. The fourth-order valence-corrected chi connectivity index (χ4v) is 3.78. The lowest BCUT2D eigenvalue weighted by Gasteiger charge is -2.27. The molecule has 146 valence electrons. The maximum atomic E-state index is 12.9. The summed E-state index contributed by atoms with van der Waals surface area (Å²) in [7, 11) is 0. The molecule has 1 atom stereocenters. The molecule has 2 amide bonds. The van der Waals surface area contributed by atoms with Crippen LogP contribution >= 0.6 is 0 Å². The molecule has 2 saturated heterocycles. The quantitative estimate of drug-likeness (QED) is 0.741. The average molecular weight is 370 g/mol. The number of hydrogen-bond acceptors (Lipinski definition) is 3. The Morgan fingerprint density at radius 2 is 2.11 bits per heavy atom. The predicted molar refractivity (Wildman–Crippen MR) is 106 cm³/mol. The van der Waals surface area contributed by atoms with E-state index in [2.05, 4.69) is 13.8 Å². The Morgan fingerprint density at radius 3 is 2.74 bits per heavy atom. The molecule has 5 heteroatoms. The molecule has 1 aromatic rings. The summed E-state index contributed by atoms with van der Waals surface area (Å²) in [5.41, 5.74) is 1.06. The molecule has 27 heavy (non-hydrogen) atoms. The molecule has 1 unspecified atom stereocenters. The molecule has 0 radical (unpaired) electrons. The summed E-state index contributed by atoms with van der Waals surface area (Å²) in [6, 6.07) is 10.0. The van der Waals surface area contributed by atoms with Crippen molar-refractivity contribution < 1.29 is 14.3 Å². The number of ether oxygens (including phenoxy) is 1. The van der Waals surface area contributed by atoms with Crippen LogP contribution in [0.5, 0.6) is 0 Å². The number of amides is 2. The second kappa shape index (κ2) is 8.70. The zero-order valence-electron chi connectivity index (χ0n) is 16.4. The molecule has 1 aromatic carbocycles. The molecule has 3 rings (SSSR count). The Bertz CT molecular complexity index is 678. The lowest BCUT2D eigenvalue weighted by Crippen LogP contribution is -2.44. The molecule has 2 heterocycles. The standard InChI is InChI=1S/C22H30N2O3/c1-22(2)14-20(25)24(17-22)16-21(26)23(15-19-11-7-13-27-19)12-6-10-18-8-4-3-5-9-18/h3-6,8-10,19H,7,11-17H2,1-2H3/b10-6+. The highest BCUT2D eigenvalue weighted by molar-refractivity contribution is 5.86. The van der Waals surface area contributed by atoms with Gasteiger partial charge in [-0.15, -0.1) is 0 Å². The summed E-state index contributed by atoms with van der Waals surface area (Å²) >= 11 is 0. The van der Waals surface area contributed by atoms with Gasteiger partial charge in [0.25, 0.3) is 0 Å². The van der Waals surface area contributed by atoms with Crippen LogP contribution in [0.15, 0.2) is 36.4 Å². The van der Waals surface area contributed by atoms with Crippen molar-refractivity contribution in [2.24, 2.45) is 5.41 Å². The van der Waals surface area contributed by atoms with Crippen LogP contribution in [0.1, 0.15) is 38.7 Å². The van der Waals surface area contributed by atoms with E-state index in [-0.39, 0.29) is 29.9 Å². The van der Waals surface area contributed by atoms with E-state index in [0.717, 1.165) is 25.0 Å². The lowest BCUT2D eigenvalue weighted by atomic mass is 9.93. The van der Waals surface area contributed by atoms with Gasteiger partial charge in [0.2, 0.25) is 11.8 Å². The van der Waals surface area contributed by atoms with Crippen LogP contribution in [-0.4, -0.2) is 60.5 Å². The van der Waals surface area contributed by atoms with Crippen LogP contribution in [0, 0.1) is 5.41 Å². The van der Waals surface area contributed by atoms with Crippen LogP contribution in [0.4, 0.5) is 0 Å². The Labute approximate surface area is 162 Å². The van der Waals surface area contributed by atoms with Gasteiger partial charge in [-0.2, -0.15) is 0 Å². The van der Waals surface area contributed by atoms with E-state index in [0.29, 0.717) is 26.1 Å². The van der Waals surface area contributed by atoms with Crippen molar-refractivity contribution in [3.63, 3.8) is 0 Å². The lowest BCUT2D eigenvalue weighted by molar-refractivity contribution is -0.138. The van der Waals surface area contributed by atoms with Gasteiger partial charge in [-0.3, -0.25) is 9.59 Å². The molecule has 0 N–H and O–H groups in total. The Kier molecular flexibility index (Phi) is 6.32. The fraction of sp³-hybridized carbons (Fsp3) is 0.545. The van der Waals surface area contributed by atoms with Gasteiger partial charge < -0.3 is 14.5 Å². The van der Waals surface area contributed by atoms with E-state index in [1.54, 1.807) is 4.90 Å². The van der Waals surface area contributed by atoms with Crippen molar-refractivity contribution in [3.05, 3.63) is 42.0 Å². The summed E-state index contributed by atoms with van der Waals surface area (Å²) in [6.45, 7) is 6.83. The van der Waals surface area contributed by atoms with Crippen LogP contribution in [0.3, 0.4) is 0 Å². The molecule has 0 spiro atoms. The summed E-state index contributed by atoms with van der Waals surface area (Å²) < 4.78 is 5.72. The number of carbonyl (C=O) groups excluding carboxylic acids is 2. The van der Waals surface area contributed by atoms with E-state index in [1.165, 1.54) is 0 Å². The number of hydrogen-bond donors (Lipinski definition) is 0. The van der Waals surface area contributed by atoms with Gasteiger partial charge in [-0.05, 0) is 23.8 Å². The highest BCUT2D eigenvalue weighted by atomic mass is 16.5. The van der Waals surface area contributed by atoms with E-state index in [1.807, 2.05) is 47.4 Å². The van der Waals surface area contributed by atoms with Gasteiger partial charge in [-0.1, -0.05) is 56.3 Å². The maximum Gasteiger partial charge on any atom is 0.242 e. The third kappa shape index (κ3) is 5.67. The van der Waals surface area contributed by atoms with Crippen molar-refractivity contribution in [1.29, 1.82) is 0 Å². The monoisotopic (exact) mass is 370 g/mol. The summed E-state index contributed by atoms with van der Waals surface area (Å²) in [5, 5.41) is 0. The summed E-state index contributed by atoms with van der Waals surface area (Å²) in [5.74, 6) is 0.0690. The zero-order valence-corrected chi connectivity index (χ0v) is 16.4. The van der Waals surface area contributed by atoms with Crippen LogP contribution in [-0.2, 0) is 14.3 Å². The van der Waals surface area contributed by atoms with E-state index < -0.39 is 0 Å². The topological polar surface area (TPSA) is 49.9 Å². The molecular formula is C22H30N2O3. The third-order valence-corrected chi connectivity index (χ3v) is 5.16. The minimum absolute atomic E-state index is 0.00531. The first-order valence-electron chi connectivity index (χ1n) is 9.82. The van der Waals surface area contributed by atoms with Gasteiger partial charge in [0.15, 0.2) is 0 Å². The number of carbonyl (C=O) groups is 2. The molecule has 0 saturated carbocycles. The average Bonchev–Trinajstić information content (AvgIpc) is 3.22. The molecule has 0 aromatic heterocycles. The largest absolute Gasteiger partial charge is 0.376 e. The molecule has 5 nitrogen and oxygen atoms in total. The zero-order chi connectivity index (χ0) is 19.3. The van der Waals surface area contributed by atoms with Crippen molar-refractivity contribution in [2.45, 2.75) is 39.2 Å². The summed E-state index contributed by atoms with van der Waals surface area (Å²) in [6.07, 6.45) is 6.69. The molecule has 0 bridgehead atoms. The van der Waals surface area contributed by atoms with Gasteiger partial charge in [0.1, 0.15) is 0 Å². The van der Waals surface area contributed by atoms with Crippen molar-refractivity contribution in [1.82, 2.24) is 9.80 Å². The molecule has 2 fully saturated rings. The van der Waals surface area contributed by atoms with E-state index in [4.69, 9.17) is 4.74 Å². The smallest absolute Gasteiger partial charge is 0.242 e. The maximum absolute atomic E-state index is 12.9. The predicted octanol–water partition coefficient (Wildman–Crippen LogP) is 2.97. The van der Waals surface area contributed by atoms with Gasteiger partial charge in [-0.25, -0.2) is 0 Å². The minimum Gasteiger partial charge on any atom is -0.376 e. The third-order valence-electron chi connectivity index (χ3n) is 5.16. The second-order valence-corrected chi connectivity index (χ2v) is 8.34. The first-order valence-corrected chi connectivity index (χ1v) is 9.82. The van der Waals surface area contributed by atoms with Crippen LogP contribution < -0.4 is 0 Å². The van der Waals surface area contributed by atoms with Gasteiger partial charge >= 0.3 is 0 Å². The SMILES string of the molecule is CC1(C)CC(=O)N(CC(=O)N(C/C=C/c2ccccc2)CC2CCCO2)C1.